The summed E-state index contributed by atoms with van der Waals surface area (Å²) in [6.45, 7) is -0.0622. The average molecular weight is 338 g/mol. The molecular weight excluding hydrogens is 320 g/mol. The van der Waals surface area contributed by atoms with E-state index in [-0.39, 0.29) is 6.54 Å². The Hall–Kier alpha value is -3.19. The topological polar surface area (TPSA) is 96.2 Å². The van der Waals surface area contributed by atoms with E-state index in [1.165, 1.54) is 6.20 Å². The van der Waals surface area contributed by atoms with Crippen LogP contribution in [-0.4, -0.2) is 33.0 Å². The minimum Gasteiger partial charge on any atom is -0.386 e. The van der Waals surface area contributed by atoms with E-state index in [0.29, 0.717) is 11.3 Å². The summed E-state index contributed by atoms with van der Waals surface area (Å²) in [6.07, 6.45) is 3.91. The summed E-state index contributed by atoms with van der Waals surface area (Å²) in [7, 11) is 1.89. The summed E-state index contributed by atoms with van der Waals surface area (Å²) < 4.78 is 1.91. The standard InChI is InChI=1S/C18H18N4O3/c1-22-11-14(13-6-2-3-7-15(13)22)16(23)10-20-17(24)18(25)21-12-5-4-8-19-9-12/h2-9,11,16,23H,10H2,1H3,(H,20,24)(H,21,25)/t16-/m0/s1. The first-order valence-corrected chi connectivity index (χ1v) is 7.77. The number of nitrogens with one attached hydrogen (secondary N) is 2. The van der Waals surface area contributed by atoms with E-state index in [0.717, 1.165) is 10.9 Å². The molecule has 128 valence electrons. The largest absolute Gasteiger partial charge is 0.386 e. The third-order valence-electron chi connectivity index (χ3n) is 3.87. The number of carbonyl (C=O) groups is 2. The van der Waals surface area contributed by atoms with Gasteiger partial charge < -0.3 is 20.3 Å². The predicted molar refractivity (Wildman–Crippen MR) is 93.8 cm³/mol. The maximum Gasteiger partial charge on any atom is 0.313 e. The van der Waals surface area contributed by atoms with Gasteiger partial charge in [0.2, 0.25) is 0 Å². The normalized spacial score (nSPS) is 11.9. The molecule has 2 amide bonds. The predicted octanol–water partition coefficient (Wildman–Crippen LogP) is 1.36. The van der Waals surface area contributed by atoms with Crippen molar-refractivity contribution in [2.45, 2.75) is 6.10 Å². The molecule has 1 atom stereocenters. The van der Waals surface area contributed by atoms with Crippen molar-refractivity contribution < 1.29 is 14.7 Å². The van der Waals surface area contributed by atoms with Crippen LogP contribution in [0.25, 0.3) is 10.9 Å². The van der Waals surface area contributed by atoms with E-state index in [4.69, 9.17) is 0 Å². The van der Waals surface area contributed by atoms with Crippen molar-refractivity contribution in [3.63, 3.8) is 0 Å². The molecule has 7 heteroatoms. The second kappa shape index (κ2) is 7.14. The third-order valence-corrected chi connectivity index (χ3v) is 3.87. The molecule has 2 aromatic heterocycles. The molecule has 7 nitrogen and oxygen atoms in total. The number of aryl methyl sites for hydroxylation is 1. The molecule has 2 heterocycles. The molecule has 0 saturated heterocycles. The van der Waals surface area contributed by atoms with Crippen LogP contribution >= 0.6 is 0 Å². The number of hydrogen-bond acceptors (Lipinski definition) is 4. The Balaban J connectivity index is 1.62. The number of anilines is 1. The highest BCUT2D eigenvalue weighted by molar-refractivity contribution is 6.39. The number of pyridine rings is 1. The molecule has 25 heavy (non-hydrogen) atoms. The van der Waals surface area contributed by atoms with Crippen molar-refractivity contribution in [3.8, 4) is 0 Å². The van der Waals surface area contributed by atoms with E-state index in [1.54, 1.807) is 18.3 Å². The van der Waals surface area contributed by atoms with Crippen LogP contribution in [0.3, 0.4) is 0 Å². The van der Waals surface area contributed by atoms with Crippen LogP contribution in [0.2, 0.25) is 0 Å². The Morgan fingerprint density at radius 2 is 2.00 bits per heavy atom. The number of aliphatic hydroxyl groups excluding tert-OH is 1. The van der Waals surface area contributed by atoms with Crippen LogP contribution in [-0.2, 0) is 16.6 Å². The second-order valence-electron chi connectivity index (χ2n) is 5.63. The van der Waals surface area contributed by atoms with Crippen molar-refractivity contribution in [1.82, 2.24) is 14.9 Å². The maximum atomic E-state index is 11.9. The van der Waals surface area contributed by atoms with E-state index in [1.807, 2.05) is 42.1 Å². The fourth-order valence-electron chi connectivity index (χ4n) is 2.64. The van der Waals surface area contributed by atoms with Gasteiger partial charge in [0.25, 0.3) is 0 Å². The quantitative estimate of drug-likeness (QED) is 0.626. The zero-order valence-corrected chi connectivity index (χ0v) is 13.6. The molecule has 3 N–H and O–H groups in total. The van der Waals surface area contributed by atoms with Gasteiger partial charge in [-0.3, -0.25) is 14.6 Å². The lowest BCUT2D eigenvalue weighted by Gasteiger charge is -2.11. The number of aliphatic hydroxyl groups is 1. The number of carbonyl (C=O) groups excluding carboxylic acids is 2. The van der Waals surface area contributed by atoms with Gasteiger partial charge >= 0.3 is 11.8 Å². The summed E-state index contributed by atoms with van der Waals surface area (Å²) >= 11 is 0. The van der Waals surface area contributed by atoms with Crippen LogP contribution in [0, 0.1) is 0 Å². The zero-order chi connectivity index (χ0) is 17.8. The maximum absolute atomic E-state index is 11.9. The van der Waals surface area contributed by atoms with E-state index in [9.17, 15) is 14.7 Å². The fraction of sp³-hybridized carbons (Fsp3) is 0.167. The third kappa shape index (κ3) is 3.67. The van der Waals surface area contributed by atoms with Gasteiger partial charge in [-0.1, -0.05) is 18.2 Å². The van der Waals surface area contributed by atoms with Crippen LogP contribution in [0.1, 0.15) is 11.7 Å². The van der Waals surface area contributed by atoms with E-state index >= 15 is 0 Å². The van der Waals surface area contributed by atoms with Crippen LogP contribution in [0.15, 0.2) is 55.0 Å². The summed E-state index contributed by atoms with van der Waals surface area (Å²) in [5, 5.41) is 16.2. The smallest absolute Gasteiger partial charge is 0.313 e. The van der Waals surface area contributed by atoms with Gasteiger partial charge in [-0.15, -0.1) is 0 Å². The monoisotopic (exact) mass is 338 g/mol. The molecule has 0 spiro atoms. The fourth-order valence-corrected chi connectivity index (χ4v) is 2.64. The number of amides is 2. The molecular formula is C18H18N4O3. The Kier molecular flexibility index (Phi) is 4.76. The summed E-state index contributed by atoms with van der Waals surface area (Å²) in [5.74, 6) is -1.62. The lowest BCUT2D eigenvalue weighted by molar-refractivity contribution is -0.136. The van der Waals surface area contributed by atoms with Crippen molar-refractivity contribution >= 4 is 28.4 Å². The molecule has 3 rings (SSSR count). The first kappa shape index (κ1) is 16.7. The molecule has 0 aliphatic rings. The number of nitrogens with zero attached hydrogens (tertiary/aromatic N) is 2. The molecule has 3 aromatic rings. The first-order valence-electron chi connectivity index (χ1n) is 7.77. The summed E-state index contributed by atoms with van der Waals surface area (Å²) in [4.78, 5) is 27.6. The number of hydrogen-bond donors (Lipinski definition) is 3. The van der Waals surface area contributed by atoms with Crippen LogP contribution < -0.4 is 10.6 Å². The molecule has 0 unspecified atom stereocenters. The van der Waals surface area contributed by atoms with Gasteiger partial charge in [0.05, 0.1) is 18.0 Å². The molecule has 1 aromatic carbocycles. The highest BCUT2D eigenvalue weighted by atomic mass is 16.3. The second-order valence-corrected chi connectivity index (χ2v) is 5.63. The number of fused-ring (bicyclic) bond motifs is 1. The number of benzene rings is 1. The Bertz CT molecular complexity index is 905. The van der Waals surface area contributed by atoms with E-state index in [2.05, 4.69) is 15.6 Å². The lowest BCUT2D eigenvalue weighted by Crippen LogP contribution is -2.37. The highest BCUT2D eigenvalue weighted by Crippen LogP contribution is 2.25. The summed E-state index contributed by atoms with van der Waals surface area (Å²) in [5.41, 5.74) is 2.11. The Labute approximate surface area is 144 Å². The SMILES string of the molecule is Cn1cc([C@@H](O)CNC(=O)C(=O)Nc2cccnc2)c2ccccc21. The van der Waals surface area contributed by atoms with Gasteiger partial charge in [0, 0.05) is 42.5 Å². The minimum atomic E-state index is -0.916. The average Bonchev–Trinajstić information content (AvgIpc) is 2.97. The minimum absolute atomic E-state index is 0.0622. The molecule has 0 saturated carbocycles. The van der Waals surface area contributed by atoms with Gasteiger partial charge in [-0.2, -0.15) is 0 Å². The van der Waals surface area contributed by atoms with Crippen LogP contribution in [0.4, 0.5) is 5.69 Å². The number of rotatable bonds is 4. The van der Waals surface area contributed by atoms with Crippen molar-refractivity contribution in [2.24, 2.45) is 7.05 Å². The van der Waals surface area contributed by atoms with Gasteiger partial charge in [-0.25, -0.2) is 0 Å². The van der Waals surface area contributed by atoms with E-state index < -0.39 is 17.9 Å². The lowest BCUT2D eigenvalue weighted by atomic mass is 10.1. The molecule has 0 aliphatic carbocycles. The van der Waals surface area contributed by atoms with Crippen molar-refractivity contribution in [1.29, 1.82) is 0 Å². The Morgan fingerprint density at radius 3 is 2.76 bits per heavy atom. The molecule has 0 fully saturated rings. The van der Waals surface area contributed by atoms with Gasteiger partial charge in [0.1, 0.15) is 0 Å². The molecule has 0 bridgehead atoms. The van der Waals surface area contributed by atoms with Crippen molar-refractivity contribution in [3.05, 3.63) is 60.6 Å². The number of aromatic nitrogens is 2. The van der Waals surface area contributed by atoms with Gasteiger partial charge in [0.15, 0.2) is 0 Å². The molecule has 0 radical (unpaired) electrons. The van der Waals surface area contributed by atoms with Gasteiger partial charge in [-0.05, 0) is 18.2 Å². The highest BCUT2D eigenvalue weighted by Gasteiger charge is 2.18. The Morgan fingerprint density at radius 1 is 1.20 bits per heavy atom. The van der Waals surface area contributed by atoms with Crippen LogP contribution in [0.5, 0.6) is 0 Å². The summed E-state index contributed by atoms with van der Waals surface area (Å²) in [6, 6.07) is 10.9. The zero-order valence-electron chi connectivity index (χ0n) is 13.6. The molecule has 0 aliphatic heterocycles. The number of para-hydroxylation sites is 1. The van der Waals surface area contributed by atoms with Crippen molar-refractivity contribution in [2.75, 3.05) is 11.9 Å². The first-order chi connectivity index (χ1) is 12.1.